The monoisotopic (exact) mass is 444 g/mol. The van der Waals surface area contributed by atoms with Crippen molar-refractivity contribution in [2.75, 3.05) is 0 Å². The van der Waals surface area contributed by atoms with Crippen molar-refractivity contribution in [3.05, 3.63) is 77.6 Å². The number of halogens is 1. The standard InChI is InChI=1S/C22H21ClN2O4S/c23-18-6-10-20(11-7-18)30(27,28)22(12-1-2-13-22)21(26)29-16-17-4-8-19(9-5-17)25-15-3-14-24-25/h3-11,14-15H,1-2,12-13,16H2. The number of nitrogens with zero attached hydrogens (tertiary/aromatic N) is 2. The largest absolute Gasteiger partial charge is 0.460 e. The Bertz CT molecular complexity index is 1120. The average Bonchev–Trinajstić information content (AvgIpc) is 3.46. The van der Waals surface area contributed by atoms with Crippen molar-refractivity contribution in [1.82, 2.24) is 9.78 Å². The fourth-order valence-corrected chi connectivity index (χ4v) is 5.99. The van der Waals surface area contributed by atoms with Gasteiger partial charge in [0.25, 0.3) is 0 Å². The minimum Gasteiger partial charge on any atom is -0.460 e. The molecule has 1 aromatic heterocycles. The number of rotatable bonds is 6. The summed E-state index contributed by atoms with van der Waals surface area (Å²) in [4.78, 5) is 13.1. The third-order valence-electron chi connectivity index (χ3n) is 5.50. The van der Waals surface area contributed by atoms with Crippen LogP contribution in [0.4, 0.5) is 0 Å². The van der Waals surface area contributed by atoms with Crippen LogP contribution < -0.4 is 0 Å². The Morgan fingerprint density at radius 2 is 1.73 bits per heavy atom. The van der Waals surface area contributed by atoms with Crippen LogP contribution in [0.15, 0.2) is 71.9 Å². The van der Waals surface area contributed by atoms with E-state index in [1.54, 1.807) is 10.9 Å². The van der Waals surface area contributed by atoms with E-state index < -0.39 is 20.6 Å². The predicted octanol–water partition coefficient (Wildman–Crippen LogP) is 4.36. The highest BCUT2D eigenvalue weighted by Gasteiger charge is 2.54. The SMILES string of the molecule is O=C(OCc1ccc(-n2cccn2)cc1)C1(S(=O)(=O)c2ccc(Cl)cc2)CCCC1. The van der Waals surface area contributed by atoms with E-state index in [0.29, 0.717) is 17.9 Å². The summed E-state index contributed by atoms with van der Waals surface area (Å²) in [5, 5.41) is 4.61. The Morgan fingerprint density at radius 1 is 1.07 bits per heavy atom. The maximum atomic E-state index is 13.3. The molecule has 1 heterocycles. The van der Waals surface area contributed by atoms with Gasteiger partial charge in [0.1, 0.15) is 6.61 Å². The molecule has 6 nitrogen and oxygen atoms in total. The number of benzene rings is 2. The molecular formula is C22H21ClN2O4S. The van der Waals surface area contributed by atoms with Crippen LogP contribution in [-0.2, 0) is 26.0 Å². The van der Waals surface area contributed by atoms with Gasteiger partial charge in [0, 0.05) is 17.4 Å². The van der Waals surface area contributed by atoms with Crippen LogP contribution in [0.2, 0.25) is 5.02 Å². The van der Waals surface area contributed by atoms with Gasteiger partial charge in [0.15, 0.2) is 14.6 Å². The van der Waals surface area contributed by atoms with E-state index in [1.807, 2.05) is 36.5 Å². The molecular weight excluding hydrogens is 424 g/mol. The first-order valence-corrected chi connectivity index (χ1v) is 11.5. The zero-order valence-corrected chi connectivity index (χ0v) is 17.8. The van der Waals surface area contributed by atoms with E-state index >= 15 is 0 Å². The Labute approximate surface area is 180 Å². The smallest absolute Gasteiger partial charge is 0.328 e. The summed E-state index contributed by atoms with van der Waals surface area (Å²) in [6.45, 7) is 0.0100. The summed E-state index contributed by atoms with van der Waals surface area (Å²) in [5.41, 5.74) is 1.66. The molecule has 1 aliphatic carbocycles. The zero-order valence-electron chi connectivity index (χ0n) is 16.2. The molecule has 0 N–H and O–H groups in total. The van der Waals surface area contributed by atoms with Crippen LogP contribution in [0.25, 0.3) is 5.69 Å². The minimum atomic E-state index is -3.90. The zero-order chi connectivity index (χ0) is 21.2. The number of sulfone groups is 1. The summed E-state index contributed by atoms with van der Waals surface area (Å²) in [7, 11) is -3.90. The Hall–Kier alpha value is -2.64. The fraction of sp³-hybridized carbons (Fsp3) is 0.273. The molecule has 0 amide bonds. The summed E-state index contributed by atoms with van der Waals surface area (Å²) in [6, 6.07) is 15.2. The number of esters is 1. The van der Waals surface area contributed by atoms with Gasteiger partial charge >= 0.3 is 5.97 Å². The van der Waals surface area contributed by atoms with E-state index in [1.165, 1.54) is 24.3 Å². The molecule has 3 aromatic rings. The topological polar surface area (TPSA) is 78.3 Å². The summed E-state index contributed by atoms with van der Waals surface area (Å²) in [6.07, 6.45) is 5.38. The Kier molecular flexibility index (Phi) is 5.66. The van der Waals surface area contributed by atoms with Crippen molar-refractivity contribution < 1.29 is 17.9 Å². The number of carbonyl (C=O) groups is 1. The van der Waals surface area contributed by atoms with Gasteiger partial charge < -0.3 is 4.74 Å². The fourth-order valence-electron chi connectivity index (χ4n) is 3.81. The second-order valence-corrected chi connectivity index (χ2v) is 10.0. The molecule has 0 spiro atoms. The van der Waals surface area contributed by atoms with Gasteiger partial charge in [-0.05, 0) is 60.9 Å². The molecule has 30 heavy (non-hydrogen) atoms. The van der Waals surface area contributed by atoms with Crippen molar-refractivity contribution in [3.63, 3.8) is 0 Å². The lowest BCUT2D eigenvalue weighted by atomic mass is 10.1. The van der Waals surface area contributed by atoms with Crippen LogP contribution in [-0.4, -0.2) is 28.9 Å². The molecule has 0 radical (unpaired) electrons. The highest BCUT2D eigenvalue weighted by molar-refractivity contribution is 7.93. The van der Waals surface area contributed by atoms with Crippen molar-refractivity contribution in [2.45, 2.75) is 41.9 Å². The molecule has 0 unspecified atom stereocenters. The lowest BCUT2D eigenvalue weighted by molar-refractivity contribution is -0.148. The van der Waals surface area contributed by atoms with E-state index in [2.05, 4.69) is 5.10 Å². The van der Waals surface area contributed by atoms with Crippen LogP contribution in [0.5, 0.6) is 0 Å². The molecule has 0 aliphatic heterocycles. The lowest BCUT2D eigenvalue weighted by Gasteiger charge is -2.26. The maximum Gasteiger partial charge on any atom is 0.328 e. The van der Waals surface area contributed by atoms with Gasteiger partial charge in [-0.15, -0.1) is 0 Å². The van der Waals surface area contributed by atoms with Gasteiger partial charge in [-0.2, -0.15) is 5.10 Å². The van der Waals surface area contributed by atoms with Gasteiger partial charge in [-0.3, -0.25) is 4.79 Å². The molecule has 0 bridgehead atoms. The first kappa shape index (κ1) is 20.6. The Balaban J connectivity index is 1.52. The summed E-state index contributed by atoms with van der Waals surface area (Å²) < 4.78 is 32.4. The van der Waals surface area contributed by atoms with Crippen molar-refractivity contribution in [1.29, 1.82) is 0 Å². The second-order valence-electron chi connectivity index (χ2n) is 7.35. The van der Waals surface area contributed by atoms with E-state index in [9.17, 15) is 13.2 Å². The van der Waals surface area contributed by atoms with Crippen LogP contribution in [0.1, 0.15) is 31.2 Å². The van der Waals surface area contributed by atoms with Crippen LogP contribution >= 0.6 is 11.6 Å². The number of hydrogen-bond acceptors (Lipinski definition) is 5. The number of carbonyl (C=O) groups excluding carboxylic acids is 1. The quantitative estimate of drug-likeness (QED) is 0.528. The molecule has 1 saturated carbocycles. The maximum absolute atomic E-state index is 13.3. The molecule has 2 aromatic carbocycles. The van der Waals surface area contributed by atoms with E-state index in [-0.39, 0.29) is 24.3 Å². The minimum absolute atomic E-state index is 0.0100. The van der Waals surface area contributed by atoms with Gasteiger partial charge in [-0.1, -0.05) is 36.6 Å². The molecule has 4 rings (SSSR count). The first-order valence-electron chi connectivity index (χ1n) is 9.69. The number of aromatic nitrogens is 2. The molecule has 0 atom stereocenters. The summed E-state index contributed by atoms with van der Waals surface area (Å²) in [5.74, 6) is -0.689. The summed E-state index contributed by atoms with van der Waals surface area (Å²) >= 11 is 5.89. The second kappa shape index (κ2) is 8.24. The van der Waals surface area contributed by atoms with Gasteiger partial charge in [-0.25, -0.2) is 13.1 Å². The highest BCUT2D eigenvalue weighted by Crippen LogP contribution is 2.42. The Morgan fingerprint density at radius 3 is 2.33 bits per heavy atom. The molecule has 1 fully saturated rings. The first-order chi connectivity index (χ1) is 14.4. The van der Waals surface area contributed by atoms with Gasteiger partial charge in [0.2, 0.25) is 0 Å². The van der Waals surface area contributed by atoms with Crippen molar-refractivity contribution >= 4 is 27.4 Å². The van der Waals surface area contributed by atoms with Crippen molar-refractivity contribution in [2.24, 2.45) is 0 Å². The van der Waals surface area contributed by atoms with E-state index in [4.69, 9.17) is 16.3 Å². The number of ether oxygens (including phenoxy) is 1. The molecule has 1 aliphatic rings. The third-order valence-corrected chi connectivity index (χ3v) is 8.25. The normalized spacial score (nSPS) is 15.8. The van der Waals surface area contributed by atoms with Crippen LogP contribution in [0, 0.1) is 0 Å². The molecule has 8 heteroatoms. The highest BCUT2D eigenvalue weighted by atomic mass is 35.5. The number of hydrogen-bond donors (Lipinski definition) is 0. The van der Waals surface area contributed by atoms with Crippen molar-refractivity contribution in [3.8, 4) is 5.69 Å². The van der Waals surface area contributed by atoms with Crippen LogP contribution in [0.3, 0.4) is 0 Å². The molecule has 0 saturated heterocycles. The molecule has 156 valence electrons. The van der Waals surface area contributed by atoms with Gasteiger partial charge in [0.05, 0.1) is 10.6 Å². The van der Waals surface area contributed by atoms with E-state index in [0.717, 1.165) is 11.3 Å². The average molecular weight is 445 g/mol. The predicted molar refractivity (Wildman–Crippen MR) is 113 cm³/mol. The lowest BCUT2D eigenvalue weighted by Crippen LogP contribution is -2.45. The third kappa shape index (κ3) is 3.75.